The molecule has 3 atom stereocenters. The number of carboxylic acid groups (broad SMARTS) is 1. The Morgan fingerprint density at radius 3 is 2.54 bits per heavy atom. The normalized spacial score (nSPS) is 17.3. The summed E-state index contributed by atoms with van der Waals surface area (Å²) in [5, 5.41) is 14.8. The first-order chi connectivity index (χ1) is 16.7. The largest absolute Gasteiger partial charge is 0.551 e. The molecule has 0 aliphatic carbocycles. The topological polar surface area (TPSA) is 157 Å². The Bertz CT molecular complexity index is 1040. The molecule has 1 aliphatic heterocycles. The van der Waals surface area contributed by atoms with E-state index in [2.05, 4.69) is 20.6 Å². The Kier molecular flexibility index (Phi) is 8.90. The van der Waals surface area contributed by atoms with Gasteiger partial charge in [-0.1, -0.05) is 44.2 Å². The third-order valence-electron chi connectivity index (χ3n) is 5.26. The second kappa shape index (κ2) is 12.1. The van der Waals surface area contributed by atoms with Crippen LogP contribution in [0.1, 0.15) is 42.7 Å². The first kappa shape index (κ1) is 25.8. The van der Waals surface area contributed by atoms with Crippen LogP contribution in [-0.2, 0) is 30.1 Å². The summed E-state index contributed by atoms with van der Waals surface area (Å²) in [6.07, 6.45) is 2.81. The van der Waals surface area contributed by atoms with Crippen LogP contribution in [0.25, 0.3) is 0 Å². The molecule has 1 saturated heterocycles. The van der Waals surface area contributed by atoms with E-state index in [0.717, 1.165) is 5.56 Å². The predicted molar refractivity (Wildman–Crippen MR) is 124 cm³/mol. The fourth-order valence-electron chi connectivity index (χ4n) is 3.63. The molecule has 35 heavy (non-hydrogen) atoms. The van der Waals surface area contributed by atoms with E-state index in [9.17, 15) is 24.3 Å². The van der Waals surface area contributed by atoms with Gasteiger partial charge in [-0.05, 0) is 17.9 Å². The van der Waals surface area contributed by atoms with Gasteiger partial charge in [0.15, 0.2) is 6.10 Å². The summed E-state index contributed by atoms with van der Waals surface area (Å²) < 4.78 is 10.7. The van der Waals surface area contributed by atoms with Crippen LogP contribution in [0.15, 0.2) is 48.9 Å². The standard InChI is InChI=1S/C23H27BN4O7/c1-14(2)10-19(24-34-18(23(32)33)12-20(29)35-24)28-21(30)16(11-15-6-4-3-5-7-15)27-22(31)17-13-25-8-9-26-17/h3-9,13-14,16,18-19H,10-12H2,1-2H3,(H,27,31)(H,28,30)(H,32,33)/t16-,18?,19-/m0/s1. The number of benzene rings is 1. The van der Waals surface area contributed by atoms with Crippen molar-refractivity contribution in [1.82, 2.24) is 20.6 Å². The van der Waals surface area contributed by atoms with Crippen LogP contribution in [-0.4, -0.2) is 64.0 Å². The van der Waals surface area contributed by atoms with Crippen LogP contribution in [0.3, 0.4) is 0 Å². The molecule has 11 nitrogen and oxygen atoms in total. The van der Waals surface area contributed by atoms with Crippen LogP contribution in [0, 0.1) is 5.92 Å². The molecule has 0 spiro atoms. The Morgan fingerprint density at radius 1 is 1.17 bits per heavy atom. The van der Waals surface area contributed by atoms with E-state index in [1.807, 2.05) is 44.2 Å². The van der Waals surface area contributed by atoms with E-state index in [-0.39, 0.29) is 18.0 Å². The van der Waals surface area contributed by atoms with Gasteiger partial charge in [-0.25, -0.2) is 9.78 Å². The van der Waals surface area contributed by atoms with Crippen molar-refractivity contribution in [3.05, 3.63) is 60.2 Å². The first-order valence-corrected chi connectivity index (χ1v) is 11.2. The van der Waals surface area contributed by atoms with Crippen LogP contribution in [0.2, 0.25) is 0 Å². The van der Waals surface area contributed by atoms with E-state index >= 15 is 0 Å². The zero-order valence-corrected chi connectivity index (χ0v) is 19.4. The van der Waals surface area contributed by atoms with Crippen LogP contribution in [0.4, 0.5) is 0 Å². The number of hydrogen-bond acceptors (Lipinski definition) is 8. The van der Waals surface area contributed by atoms with Crippen molar-refractivity contribution >= 4 is 30.9 Å². The highest BCUT2D eigenvalue weighted by Gasteiger charge is 2.44. The van der Waals surface area contributed by atoms with Gasteiger partial charge in [0.05, 0.1) is 18.6 Å². The minimum absolute atomic E-state index is 0.0472. The predicted octanol–water partition coefficient (Wildman–Crippen LogP) is 0.793. The summed E-state index contributed by atoms with van der Waals surface area (Å²) in [4.78, 5) is 57.3. The summed E-state index contributed by atoms with van der Waals surface area (Å²) >= 11 is 0. The van der Waals surface area contributed by atoms with Crippen molar-refractivity contribution < 1.29 is 33.6 Å². The molecule has 0 saturated carbocycles. The Morgan fingerprint density at radius 2 is 1.91 bits per heavy atom. The maximum Gasteiger partial charge on any atom is 0.551 e. The molecule has 12 heteroatoms. The van der Waals surface area contributed by atoms with Gasteiger partial charge in [0.25, 0.3) is 11.9 Å². The van der Waals surface area contributed by atoms with Crippen molar-refractivity contribution in [2.24, 2.45) is 5.92 Å². The Labute approximate surface area is 202 Å². The molecule has 1 aromatic carbocycles. The van der Waals surface area contributed by atoms with Crippen molar-refractivity contribution in [3.63, 3.8) is 0 Å². The molecular formula is C23H27BN4O7. The van der Waals surface area contributed by atoms with E-state index in [0.29, 0.717) is 6.42 Å². The van der Waals surface area contributed by atoms with Gasteiger partial charge in [-0.3, -0.25) is 19.4 Å². The molecule has 2 amide bonds. The quantitative estimate of drug-likeness (QED) is 0.417. The lowest BCUT2D eigenvalue weighted by Gasteiger charge is -2.31. The minimum atomic E-state index is -1.37. The molecular weight excluding hydrogens is 455 g/mol. The maximum absolute atomic E-state index is 13.4. The third-order valence-corrected chi connectivity index (χ3v) is 5.26. The summed E-state index contributed by atoms with van der Waals surface area (Å²) in [6, 6.07) is 8.11. The van der Waals surface area contributed by atoms with Gasteiger partial charge in [0.1, 0.15) is 11.7 Å². The van der Waals surface area contributed by atoms with Crippen molar-refractivity contribution in [1.29, 1.82) is 0 Å². The molecule has 1 aromatic heterocycles. The van der Waals surface area contributed by atoms with E-state index < -0.39 is 55.4 Å². The maximum atomic E-state index is 13.4. The number of carbonyl (C=O) groups excluding carboxylic acids is 3. The first-order valence-electron chi connectivity index (χ1n) is 11.2. The van der Waals surface area contributed by atoms with Crippen LogP contribution in [0.5, 0.6) is 0 Å². The summed E-state index contributed by atoms with van der Waals surface area (Å²) in [7, 11) is -1.28. The molecule has 2 heterocycles. The zero-order valence-electron chi connectivity index (χ0n) is 19.4. The number of rotatable bonds is 10. The van der Waals surface area contributed by atoms with Gasteiger partial charge in [0.2, 0.25) is 5.91 Å². The Hall–Kier alpha value is -3.80. The fourth-order valence-corrected chi connectivity index (χ4v) is 3.63. The van der Waals surface area contributed by atoms with E-state index in [4.69, 9.17) is 9.31 Å². The van der Waals surface area contributed by atoms with Gasteiger partial charge in [-0.2, -0.15) is 0 Å². The molecule has 1 fully saturated rings. The lowest BCUT2D eigenvalue weighted by molar-refractivity contribution is -0.157. The van der Waals surface area contributed by atoms with Crippen molar-refractivity contribution in [2.75, 3.05) is 0 Å². The summed E-state index contributed by atoms with van der Waals surface area (Å²) in [5.41, 5.74) is 0.852. The second-order valence-corrected chi connectivity index (χ2v) is 8.58. The number of carbonyl (C=O) groups is 4. The third kappa shape index (κ3) is 7.61. The average molecular weight is 482 g/mol. The number of aliphatic carboxylic acids is 1. The van der Waals surface area contributed by atoms with Crippen molar-refractivity contribution in [2.45, 2.75) is 51.2 Å². The van der Waals surface area contributed by atoms with E-state index in [1.165, 1.54) is 18.6 Å². The van der Waals surface area contributed by atoms with Crippen LogP contribution < -0.4 is 10.6 Å². The average Bonchev–Trinajstić information content (AvgIpc) is 2.83. The van der Waals surface area contributed by atoms with Crippen LogP contribution >= 0.6 is 0 Å². The van der Waals surface area contributed by atoms with E-state index in [1.54, 1.807) is 0 Å². The number of carboxylic acids is 1. The Balaban J connectivity index is 1.80. The van der Waals surface area contributed by atoms with Gasteiger partial charge in [0, 0.05) is 18.8 Å². The van der Waals surface area contributed by atoms with Gasteiger partial charge >= 0.3 is 13.1 Å². The number of aromatic nitrogens is 2. The number of nitrogens with zero attached hydrogens (tertiary/aromatic N) is 2. The molecule has 3 rings (SSSR count). The lowest BCUT2D eigenvalue weighted by Crippen LogP contribution is -2.59. The number of nitrogens with one attached hydrogen (secondary N) is 2. The van der Waals surface area contributed by atoms with Crippen molar-refractivity contribution in [3.8, 4) is 0 Å². The second-order valence-electron chi connectivity index (χ2n) is 8.58. The molecule has 1 unspecified atom stereocenters. The summed E-state index contributed by atoms with van der Waals surface area (Å²) in [5.74, 6) is -3.93. The lowest BCUT2D eigenvalue weighted by atomic mass is 9.72. The molecule has 0 bridgehead atoms. The SMILES string of the molecule is CC(C)C[C@H](NC(=O)[C@H](Cc1ccccc1)NC(=O)c1cnccn1)B1OC(=O)CC(C(=O)O)O1. The highest BCUT2D eigenvalue weighted by Crippen LogP contribution is 2.18. The van der Waals surface area contributed by atoms with Gasteiger partial charge in [-0.15, -0.1) is 0 Å². The monoisotopic (exact) mass is 482 g/mol. The molecule has 3 N–H and O–H groups in total. The molecule has 184 valence electrons. The number of amides is 2. The highest BCUT2D eigenvalue weighted by atomic mass is 16.6. The highest BCUT2D eigenvalue weighted by molar-refractivity contribution is 6.50. The number of hydrogen-bond donors (Lipinski definition) is 3. The fraction of sp³-hybridized carbons (Fsp3) is 0.391. The smallest absolute Gasteiger partial charge is 0.508 e. The zero-order chi connectivity index (χ0) is 25.4. The summed E-state index contributed by atoms with van der Waals surface area (Å²) in [6.45, 7) is 3.80. The van der Waals surface area contributed by atoms with Gasteiger partial charge < -0.3 is 25.0 Å². The minimum Gasteiger partial charge on any atom is -0.508 e. The molecule has 2 aromatic rings. The molecule has 0 radical (unpaired) electrons. The molecule has 1 aliphatic rings.